The number of hydrogen-bond acceptors (Lipinski definition) is 3. The van der Waals surface area contributed by atoms with Gasteiger partial charge in [-0.1, -0.05) is 115 Å². The van der Waals surface area contributed by atoms with Crippen LogP contribution in [0.5, 0.6) is 0 Å². The number of furan rings is 1. The number of aromatic nitrogens is 3. The minimum absolute atomic E-state index is 0.631. The highest BCUT2D eigenvalue weighted by Gasteiger charge is 2.17. The molecule has 9 rings (SSSR count). The Bertz CT molecular complexity index is 2430. The maximum Gasteiger partial charge on any atom is 0.235 e. The van der Waals surface area contributed by atoms with E-state index in [1.807, 2.05) is 24.3 Å². The van der Waals surface area contributed by atoms with Crippen molar-refractivity contribution in [3.05, 3.63) is 152 Å². The largest absolute Gasteiger partial charge is 0.456 e. The van der Waals surface area contributed by atoms with Crippen LogP contribution in [0.4, 0.5) is 0 Å². The second-order valence-electron chi connectivity index (χ2n) is 11.1. The van der Waals surface area contributed by atoms with Crippen molar-refractivity contribution in [2.45, 2.75) is 0 Å². The fourth-order valence-electron chi connectivity index (χ4n) is 6.32. The molecule has 0 atom stereocenters. The van der Waals surface area contributed by atoms with Crippen molar-refractivity contribution in [1.29, 1.82) is 0 Å². The first-order valence-corrected chi connectivity index (χ1v) is 14.8. The molecule has 4 nitrogen and oxygen atoms in total. The predicted octanol–water partition coefficient (Wildman–Crippen LogP) is 10.5. The summed E-state index contributed by atoms with van der Waals surface area (Å²) in [6, 6.07) is 52.6. The van der Waals surface area contributed by atoms with E-state index in [0.717, 1.165) is 55.5 Å². The van der Waals surface area contributed by atoms with E-state index in [4.69, 9.17) is 14.4 Å². The molecule has 44 heavy (non-hydrogen) atoms. The Labute approximate surface area is 253 Å². The highest BCUT2D eigenvalue weighted by Crippen LogP contribution is 2.35. The molecule has 0 bridgehead atoms. The van der Waals surface area contributed by atoms with E-state index in [1.54, 1.807) is 0 Å². The number of para-hydroxylation sites is 3. The van der Waals surface area contributed by atoms with E-state index < -0.39 is 0 Å². The zero-order valence-electron chi connectivity index (χ0n) is 23.7. The molecule has 6 aromatic carbocycles. The normalized spacial score (nSPS) is 11.6. The lowest BCUT2D eigenvalue weighted by Crippen LogP contribution is -2.04. The van der Waals surface area contributed by atoms with Crippen LogP contribution in [-0.4, -0.2) is 14.5 Å². The maximum absolute atomic E-state index is 6.25. The Kier molecular flexibility index (Phi) is 5.47. The molecular weight excluding hydrogens is 538 g/mol. The second kappa shape index (κ2) is 9.79. The van der Waals surface area contributed by atoms with Gasteiger partial charge in [-0.25, -0.2) is 9.97 Å². The molecule has 206 valence electrons. The molecule has 0 unspecified atom stereocenters. The summed E-state index contributed by atoms with van der Waals surface area (Å²) in [5.41, 5.74) is 9.92. The summed E-state index contributed by atoms with van der Waals surface area (Å²) in [7, 11) is 0. The minimum Gasteiger partial charge on any atom is -0.456 e. The van der Waals surface area contributed by atoms with E-state index in [1.165, 1.54) is 21.9 Å². The summed E-state index contributed by atoms with van der Waals surface area (Å²) in [6.45, 7) is 0. The maximum atomic E-state index is 6.25. The number of fused-ring (bicyclic) bond motifs is 6. The molecule has 0 aliphatic heterocycles. The third-order valence-electron chi connectivity index (χ3n) is 8.46. The predicted molar refractivity (Wildman–Crippen MR) is 180 cm³/mol. The first-order valence-electron chi connectivity index (χ1n) is 14.8. The summed E-state index contributed by atoms with van der Waals surface area (Å²) >= 11 is 0. The van der Waals surface area contributed by atoms with E-state index in [9.17, 15) is 0 Å². The average molecular weight is 564 g/mol. The summed E-state index contributed by atoms with van der Waals surface area (Å²) in [5.74, 6) is 0.631. The summed E-state index contributed by atoms with van der Waals surface area (Å²) in [5, 5.41) is 4.56. The molecule has 0 amide bonds. The lowest BCUT2D eigenvalue weighted by atomic mass is 10.0. The number of nitrogens with zero attached hydrogens (tertiary/aromatic N) is 3. The van der Waals surface area contributed by atoms with Crippen LogP contribution in [0.15, 0.2) is 156 Å². The topological polar surface area (TPSA) is 43.9 Å². The van der Waals surface area contributed by atoms with E-state index in [2.05, 4.69) is 132 Å². The van der Waals surface area contributed by atoms with Crippen LogP contribution in [0.3, 0.4) is 0 Å². The molecule has 0 radical (unpaired) electrons. The summed E-state index contributed by atoms with van der Waals surface area (Å²) in [4.78, 5) is 10.4. The van der Waals surface area contributed by atoms with Crippen molar-refractivity contribution >= 4 is 43.7 Å². The first kappa shape index (κ1) is 24.6. The Hall–Kier alpha value is -6.00. The monoisotopic (exact) mass is 563 g/mol. The van der Waals surface area contributed by atoms with Gasteiger partial charge in [0, 0.05) is 32.7 Å². The van der Waals surface area contributed by atoms with Crippen molar-refractivity contribution < 1.29 is 4.42 Å². The van der Waals surface area contributed by atoms with Crippen LogP contribution in [0.25, 0.3) is 83.3 Å². The van der Waals surface area contributed by atoms with Crippen molar-refractivity contribution in [2.24, 2.45) is 0 Å². The zero-order valence-corrected chi connectivity index (χ0v) is 23.7. The second-order valence-corrected chi connectivity index (χ2v) is 11.1. The number of rotatable bonds is 4. The Morgan fingerprint density at radius 3 is 1.64 bits per heavy atom. The van der Waals surface area contributed by atoms with Crippen LogP contribution in [0.1, 0.15) is 0 Å². The van der Waals surface area contributed by atoms with Crippen LogP contribution in [-0.2, 0) is 0 Å². The third kappa shape index (κ3) is 3.92. The molecule has 3 heterocycles. The molecule has 0 spiro atoms. The summed E-state index contributed by atoms with van der Waals surface area (Å²) < 4.78 is 8.43. The minimum atomic E-state index is 0.631. The standard InChI is InChI=1S/C40H25N3O/c1-2-10-26(11-3-1)27-18-20-28(21-19-27)34-25-35(29-22-23-33-32-14-6-9-17-38(32)44-39(33)24-29)42-40(41-34)43-36-15-7-4-12-30(36)31-13-5-8-16-37(31)43/h1-25H. The zero-order chi connectivity index (χ0) is 29.0. The van der Waals surface area contributed by atoms with Crippen molar-refractivity contribution in [2.75, 3.05) is 0 Å². The molecule has 3 aromatic heterocycles. The Morgan fingerprint density at radius 2 is 0.909 bits per heavy atom. The van der Waals surface area contributed by atoms with Crippen molar-refractivity contribution in [1.82, 2.24) is 14.5 Å². The van der Waals surface area contributed by atoms with Crippen molar-refractivity contribution in [3.8, 4) is 39.6 Å². The molecule has 0 aliphatic rings. The Morgan fingerprint density at radius 1 is 0.386 bits per heavy atom. The van der Waals surface area contributed by atoms with Crippen LogP contribution >= 0.6 is 0 Å². The molecular formula is C40H25N3O. The molecule has 0 saturated carbocycles. The fourth-order valence-corrected chi connectivity index (χ4v) is 6.32. The van der Waals surface area contributed by atoms with E-state index in [-0.39, 0.29) is 0 Å². The molecule has 9 aromatic rings. The lowest BCUT2D eigenvalue weighted by molar-refractivity contribution is 0.669. The van der Waals surface area contributed by atoms with E-state index in [0.29, 0.717) is 5.95 Å². The molecule has 4 heteroatoms. The SMILES string of the molecule is c1ccc(-c2ccc(-c3cc(-c4ccc5c(c4)oc4ccccc45)nc(-n4c5ccccc5c5ccccc54)n3)cc2)cc1. The van der Waals surface area contributed by atoms with Gasteiger partial charge >= 0.3 is 0 Å². The van der Waals surface area contributed by atoms with Gasteiger partial charge in [0.2, 0.25) is 5.95 Å². The van der Waals surface area contributed by atoms with Gasteiger partial charge in [0.25, 0.3) is 0 Å². The number of benzene rings is 6. The van der Waals surface area contributed by atoms with Gasteiger partial charge in [-0.2, -0.15) is 0 Å². The average Bonchev–Trinajstić information content (AvgIpc) is 3.64. The van der Waals surface area contributed by atoms with Crippen LogP contribution in [0.2, 0.25) is 0 Å². The van der Waals surface area contributed by atoms with Gasteiger partial charge in [-0.15, -0.1) is 0 Å². The van der Waals surface area contributed by atoms with Gasteiger partial charge in [-0.05, 0) is 47.5 Å². The first-order chi connectivity index (χ1) is 21.8. The Balaban J connectivity index is 1.27. The molecule has 0 fully saturated rings. The molecule has 0 saturated heterocycles. The fraction of sp³-hybridized carbons (Fsp3) is 0. The molecule has 0 aliphatic carbocycles. The van der Waals surface area contributed by atoms with Gasteiger partial charge in [0.15, 0.2) is 0 Å². The van der Waals surface area contributed by atoms with E-state index >= 15 is 0 Å². The van der Waals surface area contributed by atoms with Gasteiger partial charge < -0.3 is 4.42 Å². The highest BCUT2D eigenvalue weighted by molar-refractivity contribution is 6.09. The van der Waals surface area contributed by atoms with Crippen molar-refractivity contribution in [3.63, 3.8) is 0 Å². The smallest absolute Gasteiger partial charge is 0.235 e. The van der Waals surface area contributed by atoms with Gasteiger partial charge in [-0.3, -0.25) is 4.57 Å². The van der Waals surface area contributed by atoms with Gasteiger partial charge in [0.05, 0.1) is 22.4 Å². The summed E-state index contributed by atoms with van der Waals surface area (Å²) in [6.07, 6.45) is 0. The van der Waals surface area contributed by atoms with Crippen LogP contribution in [0, 0.1) is 0 Å². The lowest BCUT2D eigenvalue weighted by Gasteiger charge is -2.12. The highest BCUT2D eigenvalue weighted by atomic mass is 16.3. The molecule has 0 N–H and O–H groups in total. The third-order valence-corrected chi connectivity index (χ3v) is 8.46. The quantitative estimate of drug-likeness (QED) is 0.214. The van der Waals surface area contributed by atoms with Gasteiger partial charge in [0.1, 0.15) is 11.2 Å². The number of hydrogen-bond donors (Lipinski definition) is 0. The van der Waals surface area contributed by atoms with Crippen LogP contribution < -0.4 is 0 Å².